The average molecular weight is 286 g/mol. The first kappa shape index (κ1) is 13.4. The van der Waals surface area contributed by atoms with Gasteiger partial charge in [0.05, 0.1) is 11.4 Å². The summed E-state index contributed by atoms with van der Waals surface area (Å²) in [7, 11) is 0. The van der Waals surface area contributed by atoms with Crippen LogP contribution in [0.4, 0.5) is 15.8 Å². The monoisotopic (exact) mass is 286 g/mol. The fourth-order valence-corrected chi connectivity index (χ4v) is 2.21. The number of halogens is 1. The van der Waals surface area contributed by atoms with Crippen LogP contribution in [0.2, 0.25) is 0 Å². The van der Waals surface area contributed by atoms with Crippen LogP contribution < -0.4 is 15.4 Å². The summed E-state index contributed by atoms with van der Waals surface area (Å²) in [6.45, 7) is 2.42. The first-order valence-electron chi connectivity index (χ1n) is 6.67. The van der Waals surface area contributed by atoms with Gasteiger partial charge in [0, 0.05) is 6.54 Å². The fraction of sp³-hybridized carbons (Fsp3) is 0.188. The second-order valence-corrected chi connectivity index (χ2v) is 5.00. The molecule has 0 atom stereocenters. The highest BCUT2D eigenvalue weighted by Crippen LogP contribution is 2.28. The van der Waals surface area contributed by atoms with Crippen molar-refractivity contribution in [3.05, 3.63) is 53.3 Å². The van der Waals surface area contributed by atoms with Gasteiger partial charge in [0.25, 0.3) is 5.91 Å². The van der Waals surface area contributed by atoms with Crippen LogP contribution in [0.5, 0.6) is 5.75 Å². The van der Waals surface area contributed by atoms with Gasteiger partial charge < -0.3 is 15.4 Å². The number of anilines is 2. The molecule has 2 N–H and O–H groups in total. The molecule has 21 heavy (non-hydrogen) atoms. The zero-order valence-corrected chi connectivity index (χ0v) is 11.6. The molecule has 5 heteroatoms. The van der Waals surface area contributed by atoms with Crippen molar-refractivity contribution in [1.29, 1.82) is 0 Å². The molecule has 0 unspecified atom stereocenters. The highest BCUT2D eigenvalue weighted by atomic mass is 19.1. The largest absolute Gasteiger partial charge is 0.482 e. The second-order valence-electron chi connectivity index (χ2n) is 5.00. The van der Waals surface area contributed by atoms with Gasteiger partial charge in [-0.1, -0.05) is 12.1 Å². The molecule has 0 saturated heterocycles. The topological polar surface area (TPSA) is 50.4 Å². The highest BCUT2D eigenvalue weighted by molar-refractivity contribution is 5.95. The Bertz CT molecular complexity index is 701. The Morgan fingerprint density at radius 1 is 1.29 bits per heavy atom. The molecule has 1 aliphatic heterocycles. The molecule has 3 rings (SSSR count). The average Bonchev–Trinajstić information content (AvgIpc) is 2.47. The van der Waals surface area contributed by atoms with Crippen molar-refractivity contribution in [3.63, 3.8) is 0 Å². The highest BCUT2D eigenvalue weighted by Gasteiger charge is 2.15. The van der Waals surface area contributed by atoms with E-state index in [9.17, 15) is 9.18 Å². The molecule has 0 aromatic heterocycles. The van der Waals surface area contributed by atoms with Crippen LogP contribution in [-0.2, 0) is 11.3 Å². The van der Waals surface area contributed by atoms with Crippen molar-refractivity contribution >= 4 is 17.3 Å². The Morgan fingerprint density at radius 3 is 3.00 bits per heavy atom. The predicted molar refractivity (Wildman–Crippen MR) is 79.0 cm³/mol. The number of aryl methyl sites for hydroxylation is 1. The normalized spacial score (nSPS) is 13.1. The minimum atomic E-state index is -0.282. The first-order chi connectivity index (χ1) is 10.1. The first-order valence-corrected chi connectivity index (χ1v) is 6.67. The van der Waals surface area contributed by atoms with Gasteiger partial charge in [0.15, 0.2) is 6.61 Å². The molecule has 0 spiro atoms. The number of carbonyl (C=O) groups excluding carboxylic acids is 1. The molecule has 2 aromatic carbocycles. The quantitative estimate of drug-likeness (QED) is 0.911. The van der Waals surface area contributed by atoms with E-state index in [-0.39, 0.29) is 18.3 Å². The summed E-state index contributed by atoms with van der Waals surface area (Å²) in [5.74, 6) is 0.202. The molecule has 1 heterocycles. The lowest BCUT2D eigenvalue weighted by atomic mass is 10.1. The minimum absolute atomic E-state index is 0.0408. The van der Waals surface area contributed by atoms with E-state index in [0.29, 0.717) is 23.7 Å². The van der Waals surface area contributed by atoms with Crippen molar-refractivity contribution in [2.45, 2.75) is 13.5 Å². The smallest absolute Gasteiger partial charge is 0.262 e. The maximum atomic E-state index is 13.7. The van der Waals surface area contributed by atoms with E-state index in [4.69, 9.17) is 4.74 Å². The molecule has 0 saturated carbocycles. The molecule has 1 aliphatic rings. The molecular weight excluding hydrogens is 271 g/mol. The summed E-state index contributed by atoms with van der Waals surface area (Å²) in [6, 6.07) is 10.5. The zero-order valence-electron chi connectivity index (χ0n) is 11.6. The van der Waals surface area contributed by atoms with E-state index in [2.05, 4.69) is 10.6 Å². The Balaban J connectivity index is 1.75. The number of carbonyl (C=O) groups is 1. The van der Waals surface area contributed by atoms with Gasteiger partial charge in [-0.3, -0.25) is 4.79 Å². The maximum Gasteiger partial charge on any atom is 0.262 e. The summed E-state index contributed by atoms with van der Waals surface area (Å²) in [5, 5.41) is 5.81. The number of nitrogens with one attached hydrogen (secondary N) is 2. The molecule has 108 valence electrons. The maximum absolute atomic E-state index is 13.7. The van der Waals surface area contributed by atoms with Crippen LogP contribution >= 0.6 is 0 Å². The molecule has 4 nitrogen and oxygen atoms in total. The van der Waals surface area contributed by atoms with Crippen molar-refractivity contribution in [3.8, 4) is 5.75 Å². The second kappa shape index (κ2) is 5.44. The number of hydrogen-bond acceptors (Lipinski definition) is 3. The van der Waals surface area contributed by atoms with Crippen LogP contribution in [0.1, 0.15) is 11.1 Å². The third kappa shape index (κ3) is 2.97. The van der Waals surface area contributed by atoms with Crippen LogP contribution in [0, 0.1) is 12.7 Å². The third-order valence-corrected chi connectivity index (χ3v) is 3.28. The predicted octanol–water partition coefficient (Wildman–Crippen LogP) is 3.08. The van der Waals surface area contributed by atoms with Gasteiger partial charge >= 0.3 is 0 Å². The van der Waals surface area contributed by atoms with Gasteiger partial charge in [-0.2, -0.15) is 0 Å². The Kier molecular flexibility index (Phi) is 3.48. The number of hydrogen-bond donors (Lipinski definition) is 2. The van der Waals surface area contributed by atoms with E-state index in [1.807, 2.05) is 19.1 Å². The van der Waals surface area contributed by atoms with E-state index in [0.717, 1.165) is 11.1 Å². The van der Waals surface area contributed by atoms with Gasteiger partial charge in [-0.05, 0) is 42.3 Å². The van der Waals surface area contributed by atoms with Gasteiger partial charge in [-0.15, -0.1) is 0 Å². The van der Waals surface area contributed by atoms with E-state index >= 15 is 0 Å². The van der Waals surface area contributed by atoms with Crippen LogP contribution in [0.15, 0.2) is 36.4 Å². The molecule has 0 aliphatic carbocycles. The third-order valence-electron chi connectivity index (χ3n) is 3.28. The summed E-state index contributed by atoms with van der Waals surface area (Å²) in [4.78, 5) is 11.3. The molecular formula is C16H15FN2O2. The van der Waals surface area contributed by atoms with Gasteiger partial charge in [0.2, 0.25) is 0 Å². The van der Waals surface area contributed by atoms with Crippen molar-refractivity contribution in [2.24, 2.45) is 0 Å². The van der Waals surface area contributed by atoms with E-state index < -0.39 is 0 Å². The van der Waals surface area contributed by atoms with Crippen LogP contribution in [0.3, 0.4) is 0 Å². The van der Waals surface area contributed by atoms with Crippen LogP contribution in [0.25, 0.3) is 0 Å². The van der Waals surface area contributed by atoms with Gasteiger partial charge in [-0.25, -0.2) is 4.39 Å². The number of benzene rings is 2. The lowest BCUT2D eigenvalue weighted by Gasteiger charge is -2.18. The van der Waals surface area contributed by atoms with E-state index in [1.165, 1.54) is 6.07 Å². The molecule has 0 bridgehead atoms. The molecule has 0 radical (unpaired) electrons. The van der Waals surface area contributed by atoms with Crippen LogP contribution in [-0.4, -0.2) is 12.5 Å². The number of amides is 1. The van der Waals surface area contributed by atoms with Crippen molar-refractivity contribution < 1.29 is 13.9 Å². The molecule has 2 aromatic rings. The molecule has 0 fully saturated rings. The lowest BCUT2D eigenvalue weighted by molar-refractivity contribution is -0.118. The van der Waals surface area contributed by atoms with E-state index in [1.54, 1.807) is 18.2 Å². The summed E-state index contributed by atoms with van der Waals surface area (Å²) in [5.41, 5.74) is 3.04. The summed E-state index contributed by atoms with van der Waals surface area (Å²) in [6.07, 6.45) is 0. The Hall–Kier alpha value is -2.56. The Labute approximate surface area is 121 Å². The Morgan fingerprint density at radius 2 is 2.14 bits per heavy atom. The fourth-order valence-electron chi connectivity index (χ4n) is 2.21. The lowest BCUT2D eigenvalue weighted by Crippen LogP contribution is -2.25. The van der Waals surface area contributed by atoms with Crippen molar-refractivity contribution in [2.75, 3.05) is 17.2 Å². The zero-order chi connectivity index (χ0) is 14.8. The number of fused-ring (bicyclic) bond motifs is 1. The van der Waals surface area contributed by atoms with Gasteiger partial charge in [0.1, 0.15) is 11.6 Å². The SMILES string of the molecule is Cc1ccc(F)c(NCc2ccc3c(c2)NC(=O)CO3)c1. The number of rotatable bonds is 3. The van der Waals surface area contributed by atoms with Crippen molar-refractivity contribution in [1.82, 2.24) is 0 Å². The summed E-state index contributed by atoms with van der Waals surface area (Å²) < 4.78 is 19.0. The summed E-state index contributed by atoms with van der Waals surface area (Å²) >= 11 is 0. The minimum Gasteiger partial charge on any atom is -0.482 e. The molecule has 1 amide bonds. The standard InChI is InChI=1S/C16H15FN2O2/c1-10-2-4-12(17)13(6-10)18-8-11-3-5-15-14(7-11)19-16(20)9-21-15/h2-7,18H,8-9H2,1H3,(H,19,20). The number of ether oxygens (including phenoxy) is 1.